The lowest BCUT2D eigenvalue weighted by molar-refractivity contribution is -0.138. The van der Waals surface area contributed by atoms with E-state index in [1.165, 1.54) is 6.07 Å². The fraction of sp³-hybridized carbons (Fsp3) is 0.200. The van der Waals surface area contributed by atoms with Crippen LogP contribution in [0.1, 0.15) is 10.6 Å². The smallest absolute Gasteiger partial charge is 0.429 e. The normalized spacial score (nSPS) is 11.6. The van der Waals surface area contributed by atoms with E-state index in [4.69, 9.17) is 9.84 Å². The van der Waals surface area contributed by atoms with Crippen molar-refractivity contribution in [1.29, 1.82) is 0 Å². The molecule has 2 rings (SSSR count). The number of aromatic nitrogens is 2. The summed E-state index contributed by atoms with van der Waals surface area (Å²) in [6.45, 7) is -0.277. The summed E-state index contributed by atoms with van der Waals surface area (Å²) in [6.07, 6.45) is -4.53. The molecule has 1 aromatic heterocycles. The van der Waals surface area contributed by atoms with E-state index in [0.29, 0.717) is 16.9 Å². The van der Waals surface area contributed by atoms with Crippen molar-refractivity contribution in [3.8, 4) is 10.9 Å². The van der Waals surface area contributed by atoms with Crippen molar-refractivity contribution in [3.05, 3.63) is 34.8 Å². The highest BCUT2D eigenvalue weighted by Gasteiger charge is 2.36. The van der Waals surface area contributed by atoms with Crippen LogP contribution in [-0.4, -0.2) is 15.3 Å². The Morgan fingerprint density at radius 2 is 1.94 bits per heavy atom. The molecule has 18 heavy (non-hydrogen) atoms. The number of hydrogen-bond donors (Lipinski definition) is 1. The second-order valence-electron chi connectivity index (χ2n) is 3.24. The van der Waals surface area contributed by atoms with Crippen LogP contribution in [0.25, 0.3) is 0 Å². The lowest BCUT2D eigenvalue weighted by atomic mass is 10.2. The standard InChI is InChI=1S/C10H7F3N2O2S/c11-10(12,13)8-14-15-9(18-8)17-7-4-2-1-3-6(7)5-16/h1-4,16H,5H2. The van der Waals surface area contributed by atoms with Crippen LogP contribution >= 0.6 is 11.3 Å². The molecule has 0 unspecified atom stereocenters. The van der Waals surface area contributed by atoms with E-state index < -0.39 is 11.2 Å². The van der Waals surface area contributed by atoms with Gasteiger partial charge in [0.15, 0.2) is 0 Å². The summed E-state index contributed by atoms with van der Waals surface area (Å²) in [6, 6.07) is 6.45. The van der Waals surface area contributed by atoms with E-state index in [1.54, 1.807) is 18.2 Å². The number of ether oxygens (including phenoxy) is 1. The van der Waals surface area contributed by atoms with Crippen LogP contribution < -0.4 is 4.74 Å². The Kier molecular flexibility index (Phi) is 3.48. The zero-order valence-electron chi connectivity index (χ0n) is 8.81. The van der Waals surface area contributed by atoms with E-state index in [2.05, 4.69) is 10.2 Å². The van der Waals surface area contributed by atoms with E-state index in [-0.39, 0.29) is 17.6 Å². The van der Waals surface area contributed by atoms with Gasteiger partial charge in [-0.3, -0.25) is 0 Å². The topological polar surface area (TPSA) is 55.2 Å². The Bertz CT molecular complexity index is 542. The van der Waals surface area contributed by atoms with Crippen molar-refractivity contribution >= 4 is 11.3 Å². The molecule has 0 aliphatic rings. The minimum atomic E-state index is -4.53. The third kappa shape index (κ3) is 2.77. The molecule has 2 aromatic rings. The van der Waals surface area contributed by atoms with Crippen molar-refractivity contribution in [2.75, 3.05) is 0 Å². The number of benzene rings is 1. The molecular weight excluding hydrogens is 269 g/mol. The zero-order valence-corrected chi connectivity index (χ0v) is 9.63. The van der Waals surface area contributed by atoms with Gasteiger partial charge in [-0.05, 0) is 6.07 Å². The van der Waals surface area contributed by atoms with Gasteiger partial charge in [-0.25, -0.2) is 0 Å². The van der Waals surface area contributed by atoms with E-state index in [1.807, 2.05) is 0 Å². The molecule has 1 heterocycles. The van der Waals surface area contributed by atoms with Gasteiger partial charge in [0.1, 0.15) is 5.75 Å². The largest absolute Gasteiger partial charge is 0.445 e. The summed E-state index contributed by atoms with van der Waals surface area (Å²) in [5.74, 6) is 0.255. The summed E-state index contributed by atoms with van der Waals surface area (Å²) in [5, 5.41) is 14.0. The molecule has 0 atom stereocenters. The first-order valence-corrected chi connectivity index (χ1v) is 5.59. The first kappa shape index (κ1) is 12.8. The SMILES string of the molecule is OCc1ccccc1Oc1nnc(C(F)(F)F)s1. The van der Waals surface area contributed by atoms with E-state index in [0.717, 1.165) is 0 Å². The number of aliphatic hydroxyl groups is 1. The van der Waals surface area contributed by atoms with Crippen molar-refractivity contribution in [2.24, 2.45) is 0 Å². The van der Waals surface area contributed by atoms with Gasteiger partial charge >= 0.3 is 6.18 Å². The van der Waals surface area contributed by atoms with Gasteiger partial charge in [0, 0.05) is 5.56 Å². The Balaban J connectivity index is 2.22. The number of alkyl halides is 3. The first-order valence-electron chi connectivity index (χ1n) is 4.78. The van der Waals surface area contributed by atoms with Gasteiger partial charge in [0.05, 0.1) is 6.61 Å². The maximum atomic E-state index is 12.3. The minimum absolute atomic E-state index is 0.219. The van der Waals surface area contributed by atoms with Crippen LogP contribution in [0.3, 0.4) is 0 Å². The number of para-hydroxylation sites is 1. The van der Waals surface area contributed by atoms with E-state index in [9.17, 15) is 13.2 Å². The Hall–Kier alpha value is -1.67. The second-order valence-corrected chi connectivity index (χ2v) is 4.18. The maximum absolute atomic E-state index is 12.3. The molecule has 8 heteroatoms. The maximum Gasteiger partial charge on any atom is 0.445 e. The minimum Gasteiger partial charge on any atom is -0.429 e. The molecule has 0 amide bonds. The monoisotopic (exact) mass is 276 g/mol. The van der Waals surface area contributed by atoms with E-state index >= 15 is 0 Å². The Morgan fingerprint density at radius 3 is 2.56 bits per heavy atom. The van der Waals surface area contributed by atoms with Gasteiger partial charge in [-0.15, -0.1) is 5.10 Å². The molecular formula is C10H7F3N2O2S. The predicted octanol–water partition coefficient (Wildman–Crippen LogP) is 2.84. The third-order valence-electron chi connectivity index (χ3n) is 1.99. The molecule has 0 fully saturated rings. The fourth-order valence-electron chi connectivity index (χ4n) is 1.19. The van der Waals surface area contributed by atoms with Crippen LogP contribution in [0.2, 0.25) is 0 Å². The molecule has 0 saturated carbocycles. The van der Waals surface area contributed by atoms with Crippen LogP contribution in [0.5, 0.6) is 10.9 Å². The van der Waals surface area contributed by atoms with Crippen molar-refractivity contribution in [2.45, 2.75) is 12.8 Å². The van der Waals surface area contributed by atoms with Crippen molar-refractivity contribution in [3.63, 3.8) is 0 Å². The molecule has 0 spiro atoms. The summed E-state index contributed by atoms with van der Waals surface area (Å²) in [7, 11) is 0. The number of aliphatic hydroxyl groups excluding tert-OH is 1. The third-order valence-corrected chi connectivity index (χ3v) is 2.84. The second kappa shape index (κ2) is 4.91. The Labute approximate surface area is 104 Å². The molecule has 1 aromatic carbocycles. The highest BCUT2D eigenvalue weighted by molar-refractivity contribution is 7.13. The molecule has 1 N–H and O–H groups in total. The molecule has 4 nitrogen and oxygen atoms in total. The van der Waals surface area contributed by atoms with Gasteiger partial charge in [-0.1, -0.05) is 34.6 Å². The Morgan fingerprint density at radius 1 is 1.22 bits per heavy atom. The average Bonchev–Trinajstić information content (AvgIpc) is 2.78. The van der Waals surface area contributed by atoms with Gasteiger partial charge in [0.25, 0.3) is 5.19 Å². The van der Waals surface area contributed by atoms with Gasteiger partial charge < -0.3 is 9.84 Å². The molecule has 0 aliphatic carbocycles. The highest BCUT2D eigenvalue weighted by Crippen LogP contribution is 2.35. The fourth-order valence-corrected chi connectivity index (χ4v) is 1.77. The number of halogens is 3. The zero-order chi connectivity index (χ0) is 13.2. The van der Waals surface area contributed by atoms with Gasteiger partial charge in [0.2, 0.25) is 5.01 Å². The van der Waals surface area contributed by atoms with Crippen LogP contribution in [0.15, 0.2) is 24.3 Å². The van der Waals surface area contributed by atoms with Crippen molar-refractivity contribution in [1.82, 2.24) is 10.2 Å². The summed E-state index contributed by atoms with van der Waals surface area (Å²) < 4.78 is 42.1. The van der Waals surface area contributed by atoms with Crippen molar-refractivity contribution < 1.29 is 23.0 Å². The number of hydrogen-bond acceptors (Lipinski definition) is 5. The summed E-state index contributed by atoms with van der Waals surface area (Å²) in [4.78, 5) is 0. The first-order chi connectivity index (χ1) is 8.50. The molecule has 0 saturated heterocycles. The molecule has 0 radical (unpaired) electrons. The predicted molar refractivity (Wildman–Crippen MR) is 57.3 cm³/mol. The average molecular weight is 276 g/mol. The number of rotatable bonds is 3. The summed E-state index contributed by atoms with van der Waals surface area (Å²) in [5.41, 5.74) is 0.459. The molecule has 0 aliphatic heterocycles. The van der Waals surface area contributed by atoms with Crippen LogP contribution in [-0.2, 0) is 12.8 Å². The lowest BCUT2D eigenvalue weighted by Crippen LogP contribution is -2.03. The molecule has 96 valence electrons. The van der Waals surface area contributed by atoms with Crippen LogP contribution in [0.4, 0.5) is 13.2 Å². The molecule has 0 bridgehead atoms. The quantitative estimate of drug-likeness (QED) is 0.936. The highest BCUT2D eigenvalue weighted by atomic mass is 32.1. The van der Waals surface area contributed by atoms with Crippen LogP contribution in [0, 0.1) is 0 Å². The summed E-state index contributed by atoms with van der Waals surface area (Å²) >= 11 is 0.303. The number of nitrogens with zero attached hydrogens (tertiary/aromatic N) is 2. The van der Waals surface area contributed by atoms with Gasteiger partial charge in [-0.2, -0.15) is 13.2 Å². The lowest BCUT2D eigenvalue weighted by Gasteiger charge is -2.05.